The zero-order valence-electron chi connectivity index (χ0n) is 40.3. The van der Waals surface area contributed by atoms with Gasteiger partial charge >= 0.3 is 0 Å². The van der Waals surface area contributed by atoms with Crippen LogP contribution in [0.5, 0.6) is 0 Å². The van der Waals surface area contributed by atoms with Crippen molar-refractivity contribution in [2.24, 2.45) is 0 Å². The number of hydrogen-bond acceptors (Lipinski definition) is 0. The van der Waals surface area contributed by atoms with Crippen LogP contribution >= 0.6 is 0 Å². The van der Waals surface area contributed by atoms with Crippen molar-refractivity contribution in [3.8, 4) is 50.2 Å². The predicted molar refractivity (Wildman–Crippen MR) is 313 cm³/mol. The Labute approximate surface area is 427 Å². The van der Waals surface area contributed by atoms with Gasteiger partial charge in [-0.2, -0.15) is 0 Å². The lowest BCUT2D eigenvalue weighted by atomic mass is 9.67. The molecule has 340 valence electrons. The largest absolute Gasteiger partial charge is 0.309 e. The fraction of sp³-hybridized carbons (Fsp3) is 0.0137. The second kappa shape index (κ2) is 14.8. The van der Waals surface area contributed by atoms with Crippen LogP contribution in [-0.2, 0) is 5.41 Å². The molecule has 0 aliphatic heterocycles. The predicted octanol–water partition coefficient (Wildman–Crippen LogP) is 19.4. The molecular formula is C73H43N. The highest BCUT2D eigenvalue weighted by Crippen LogP contribution is 2.68. The quantitative estimate of drug-likeness (QED) is 0.123. The van der Waals surface area contributed by atoms with Crippen LogP contribution in [0.25, 0.3) is 137 Å². The molecular weight excluding hydrogens is 891 g/mol. The molecule has 2 aliphatic rings. The number of nitrogens with zero attached hydrogens (tertiary/aromatic N) is 1. The van der Waals surface area contributed by atoms with E-state index in [1.807, 2.05) is 0 Å². The number of fused-ring (bicyclic) bond motifs is 25. The topological polar surface area (TPSA) is 4.93 Å². The molecule has 0 unspecified atom stereocenters. The summed E-state index contributed by atoms with van der Waals surface area (Å²) < 4.78 is 2.40. The molecule has 0 fully saturated rings. The average molecular weight is 934 g/mol. The molecule has 1 heterocycles. The summed E-state index contributed by atoms with van der Waals surface area (Å²) in [4.78, 5) is 0. The lowest BCUT2D eigenvalue weighted by Gasteiger charge is -2.33. The van der Waals surface area contributed by atoms with Crippen LogP contribution in [0, 0.1) is 0 Å². The van der Waals surface area contributed by atoms with Gasteiger partial charge in [-0.15, -0.1) is 0 Å². The monoisotopic (exact) mass is 933 g/mol. The van der Waals surface area contributed by atoms with Crippen molar-refractivity contribution in [1.29, 1.82) is 0 Å². The van der Waals surface area contributed by atoms with Gasteiger partial charge in [-0.05, 0) is 168 Å². The van der Waals surface area contributed by atoms with Gasteiger partial charge in [-0.3, -0.25) is 0 Å². The number of para-hydroxylation sites is 2. The summed E-state index contributed by atoms with van der Waals surface area (Å²) in [6.45, 7) is 0. The Morgan fingerprint density at radius 1 is 0.230 bits per heavy atom. The van der Waals surface area contributed by atoms with Crippen LogP contribution < -0.4 is 0 Å². The number of benzene rings is 14. The second-order valence-corrected chi connectivity index (χ2v) is 20.5. The van der Waals surface area contributed by atoms with Gasteiger partial charge in [-0.25, -0.2) is 0 Å². The molecule has 1 aromatic heterocycles. The van der Waals surface area contributed by atoms with E-state index in [0.29, 0.717) is 0 Å². The van der Waals surface area contributed by atoms with Crippen molar-refractivity contribution in [3.63, 3.8) is 0 Å². The summed E-state index contributed by atoms with van der Waals surface area (Å²) in [5, 5.41) is 17.9. The zero-order valence-corrected chi connectivity index (χ0v) is 40.3. The Hall–Kier alpha value is -9.56. The van der Waals surface area contributed by atoms with Gasteiger partial charge in [0.1, 0.15) is 0 Å². The van der Waals surface area contributed by atoms with E-state index in [4.69, 9.17) is 0 Å². The summed E-state index contributed by atoms with van der Waals surface area (Å²) in [6.07, 6.45) is 0. The molecule has 0 radical (unpaired) electrons. The SMILES string of the molecule is c1ccc(-n2c3ccccc3c3cc(-c4c5ccccc5c(-c5ccc6c7c(c8ccccc8c6c5)-c5c(c6ccccc6c6ccccc56)C75c6ccccc6-c6ccccc65)c5ccccc45)ccc32)cc1. The van der Waals surface area contributed by atoms with E-state index < -0.39 is 5.41 Å². The van der Waals surface area contributed by atoms with Crippen LogP contribution in [0.3, 0.4) is 0 Å². The van der Waals surface area contributed by atoms with E-state index >= 15 is 0 Å². The van der Waals surface area contributed by atoms with Crippen LogP contribution in [0.15, 0.2) is 261 Å². The minimum atomic E-state index is -0.569. The van der Waals surface area contributed by atoms with Crippen molar-refractivity contribution in [3.05, 3.63) is 283 Å². The Balaban J connectivity index is 0.973. The molecule has 2 aliphatic carbocycles. The van der Waals surface area contributed by atoms with Crippen molar-refractivity contribution >= 4 is 86.4 Å². The number of rotatable bonds is 3. The molecule has 74 heavy (non-hydrogen) atoms. The van der Waals surface area contributed by atoms with Crippen LogP contribution in [0.4, 0.5) is 0 Å². The van der Waals surface area contributed by atoms with Gasteiger partial charge in [0.05, 0.1) is 16.4 Å². The molecule has 1 spiro atoms. The van der Waals surface area contributed by atoms with Crippen molar-refractivity contribution in [1.82, 2.24) is 4.57 Å². The van der Waals surface area contributed by atoms with Gasteiger partial charge in [-0.1, -0.05) is 224 Å². The summed E-state index contributed by atoms with van der Waals surface area (Å²) >= 11 is 0. The highest BCUT2D eigenvalue weighted by Gasteiger charge is 2.54. The van der Waals surface area contributed by atoms with Crippen molar-refractivity contribution < 1.29 is 0 Å². The summed E-state index contributed by atoms with van der Waals surface area (Å²) in [5.41, 5.74) is 18.8. The summed E-state index contributed by atoms with van der Waals surface area (Å²) in [7, 11) is 0. The van der Waals surface area contributed by atoms with Gasteiger partial charge in [0.25, 0.3) is 0 Å². The third kappa shape index (κ3) is 5.03. The van der Waals surface area contributed by atoms with E-state index in [1.165, 1.54) is 159 Å². The molecule has 0 N–H and O–H groups in total. The first-order chi connectivity index (χ1) is 36.8. The Bertz CT molecular complexity index is 4850. The number of aromatic nitrogens is 1. The Morgan fingerprint density at radius 3 is 1.15 bits per heavy atom. The summed E-state index contributed by atoms with van der Waals surface area (Å²) in [5.74, 6) is 0. The van der Waals surface area contributed by atoms with Crippen molar-refractivity contribution in [2.45, 2.75) is 5.41 Å². The molecule has 0 saturated carbocycles. The highest BCUT2D eigenvalue weighted by atomic mass is 15.0. The van der Waals surface area contributed by atoms with Crippen LogP contribution in [0.2, 0.25) is 0 Å². The minimum absolute atomic E-state index is 0.569. The molecule has 1 nitrogen and oxygen atoms in total. The maximum Gasteiger partial charge on any atom is 0.0738 e. The van der Waals surface area contributed by atoms with Gasteiger partial charge < -0.3 is 4.57 Å². The van der Waals surface area contributed by atoms with Gasteiger partial charge in [0.2, 0.25) is 0 Å². The molecule has 17 rings (SSSR count). The average Bonchev–Trinajstić information content (AvgIpc) is 4.28. The third-order valence-electron chi connectivity index (χ3n) is 17.1. The van der Waals surface area contributed by atoms with Gasteiger partial charge in [0, 0.05) is 16.5 Å². The Kier molecular flexibility index (Phi) is 8.00. The van der Waals surface area contributed by atoms with E-state index in [0.717, 1.165) is 0 Å². The molecule has 0 bridgehead atoms. The molecule has 0 atom stereocenters. The first-order valence-corrected chi connectivity index (χ1v) is 25.9. The second-order valence-electron chi connectivity index (χ2n) is 20.5. The van der Waals surface area contributed by atoms with Crippen LogP contribution in [0.1, 0.15) is 22.3 Å². The Morgan fingerprint density at radius 2 is 0.595 bits per heavy atom. The van der Waals surface area contributed by atoms with E-state index in [9.17, 15) is 0 Å². The first kappa shape index (κ1) is 40.1. The molecule has 15 aromatic rings. The van der Waals surface area contributed by atoms with E-state index in [1.54, 1.807) is 0 Å². The van der Waals surface area contributed by atoms with Crippen molar-refractivity contribution in [2.75, 3.05) is 0 Å². The highest BCUT2D eigenvalue weighted by molar-refractivity contribution is 6.29. The van der Waals surface area contributed by atoms with E-state index in [2.05, 4.69) is 265 Å². The molecule has 0 saturated heterocycles. The summed E-state index contributed by atoms with van der Waals surface area (Å²) in [6, 6.07) is 98.5. The maximum atomic E-state index is 2.54. The molecule has 0 amide bonds. The van der Waals surface area contributed by atoms with E-state index in [-0.39, 0.29) is 0 Å². The van der Waals surface area contributed by atoms with Gasteiger partial charge in [0.15, 0.2) is 0 Å². The lowest BCUT2D eigenvalue weighted by Crippen LogP contribution is -2.26. The standard InChI is InChI=1S/C73H43N/c1-2-20-46(21-3-1)74-65-37-19-16-27-52(65)62-43-45(39-41-66(62)74)68-57-32-11-9-30-55(57)67(56-31-10-12-33-58(56)68)44-38-40-60-61(42-44)49-24-5-8-29-54(49)70-69-53-28-7-4-22-47(53)48-23-6-13-34-59(48)71(69)73(72(60)70)63-35-17-14-25-50(63)51-26-15-18-36-64(51)73/h1-43H. The fourth-order valence-electron chi connectivity index (χ4n) is 14.4. The lowest BCUT2D eigenvalue weighted by molar-refractivity contribution is 0.810. The molecule has 14 aromatic carbocycles. The van der Waals surface area contributed by atoms with Crippen LogP contribution in [-0.4, -0.2) is 4.57 Å². The normalized spacial score (nSPS) is 13.2. The fourth-order valence-corrected chi connectivity index (χ4v) is 14.4. The smallest absolute Gasteiger partial charge is 0.0738 e. The first-order valence-electron chi connectivity index (χ1n) is 25.9. The third-order valence-corrected chi connectivity index (χ3v) is 17.1. The minimum Gasteiger partial charge on any atom is -0.309 e. The molecule has 1 heteroatoms. The zero-order chi connectivity index (χ0) is 48.2. The maximum absolute atomic E-state index is 2.54. The number of hydrogen-bond donors (Lipinski definition) is 0.